The van der Waals surface area contributed by atoms with Gasteiger partial charge in [0.05, 0.1) is 23.5 Å². The quantitative estimate of drug-likeness (QED) is 0.714. The lowest BCUT2D eigenvalue weighted by Gasteiger charge is -2.03. The van der Waals surface area contributed by atoms with Crippen molar-refractivity contribution in [3.05, 3.63) is 41.6 Å². The van der Waals surface area contributed by atoms with Crippen LogP contribution in [-0.2, 0) is 0 Å². The Morgan fingerprint density at radius 1 is 1.41 bits per heavy atom. The van der Waals surface area contributed by atoms with Gasteiger partial charge in [0.2, 0.25) is 0 Å². The molecule has 0 spiro atoms. The maximum atomic E-state index is 11.8. The number of carbonyl (C=O) groups excluding carboxylic acids is 1. The third-order valence-electron chi connectivity index (χ3n) is 2.18. The first-order valence-electron chi connectivity index (χ1n) is 4.81. The average molecular weight is 227 g/mol. The molecule has 17 heavy (non-hydrogen) atoms. The number of amides is 1. The van der Waals surface area contributed by atoms with Gasteiger partial charge in [-0.1, -0.05) is 0 Å². The number of carbonyl (C=O) groups is 1. The maximum absolute atomic E-state index is 11.8. The minimum Gasteiger partial charge on any atom is -0.394 e. The van der Waals surface area contributed by atoms with Crippen molar-refractivity contribution in [1.29, 1.82) is 5.26 Å². The Hall–Kier alpha value is -2.81. The molecule has 4 N–H and O–H groups in total. The van der Waals surface area contributed by atoms with Gasteiger partial charge in [-0.3, -0.25) is 9.89 Å². The van der Waals surface area contributed by atoms with E-state index in [4.69, 9.17) is 11.0 Å². The zero-order chi connectivity index (χ0) is 12.3. The number of nitriles is 1. The molecule has 84 valence electrons. The topological polar surface area (TPSA) is 108 Å². The second kappa shape index (κ2) is 4.37. The third-order valence-corrected chi connectivity index (χ3v) is 2.18. The predicted molar refractivity (Wildman–Crippen MR) is 62.1 cm³/mol. The van der Waals surface area contributed by atoms with Gasteiger partial charge in [0.25, 0.3) is 5.91 Å². The summed E-state index contributed by atoms with van der Waals surface area (Å²) < 4.78 is 0. The summed E-state index contributed by atoms with van der Waals surface area (Å²) in [5.74, 6) is 0.0461. The Morgan fingerprint density at radius 3 is 2.65 bits per heavy atom. The molecule has 0 aliphatic heterocycles. The van der Waals surface area contributed by atoms with Crippen molar-refractivity contribution in [2.45, 2.75) is 0 Å². The SMILES string of the molecule is N#Cc1ccc(C(=O)Nc2[nH]ncc2N)cc1. The molecule has 1 heterocycles. The van der Waals surface area contributed by atoms with Crippen LogP contribution >= 0.6 is 0 Å². The molecule has 0 atom stereocenters. The van der Waals surface area contributed by atoms with E-state index in [9.17, 15) is 4.79 Å². The molecule has 1 aromatic carbocycles. The summed E-state index contributed by atoms with van der Waals surface area (Å²) in [5.41, 5.74) is 6.87. The van der Waals surface area contributed by atoms with E-state index < -0.39 is 0 Å². The first-order valence-corrected chi connectivity index (χ1v) is 4.81. The zero-order valence-corrected chi connectivity index (χ0v) is 8.77. The molecule has 0 fully saturated rings. The highest BCUT2D eigenvalue weighted by molar-refractivity contribution is 6.05. The van der Waals surface area contributed by atoms with Crippen molar-refractivity contribution >= 4 is 17.4 Å². The number of aromatic nitrogens is 2. The molecule has 0 saturated carbocycles. The molecule has 6 nitrogen and oxygen atoms in total. The van der Waals surface area contributed by atoms with Crippen LogP contribution < -0.4 is 11.1 Å². The molecule has 0 saturated heterocycles. The smallest absolute Gasteiger partial charge is 0.256 e. The summed E-state index contributed by atoms with van der Waals surface area (Å²) in [6, 6.07) is 8.27. The molecular formula is C11H9N5O. The first kappa shape index (κ1) is 10.7. The van der Waals surface area contributed by atoms with Crippen molar-refractivity contribution in [2.24, 2.45) is 0 Å². The molecule has 0 radical (unpaired) electrons. The van der Waals surface area contributed by atoms with E-state index in [-0.39, 0.29) is 5.91 Å². The third kappa shape index (κ3) is 2.23. The lowest BCUT2D eigenvalue weighted by atomic mass is 10.1. The van der Waals surface area contributed by atoms with Crippen LogP contribution in [0.4, 0.5) is 11.5 Å². The Kier molecular flexibility index (Phi) is 2.75. The summed E-state index contributed by atoms with van der Waals surface area (Å²) in [6.45, 7) is 0. The van der Waals surface area contributed by atoms with Gasteiger partial charge in [-0.15, -0.1) is 0 Å². The number of nitrogens with two attached hydrogens (primary N) is 1. The van der Waals surface area contributed by atoms with Crippen LogP contribution in [0.2, 0.25) is 0 Å². The van der Waals surface area contributed by atoms with Crippen molar-refractivity contribution in [2.75, 3.05) is 11.1 Å². The first-order chi connectivity index (χ1) is 8.20. The van der Waals surface area contributed by atoms with Crippen LogP contribution in [0.5, 0.6) is 0 Å². The van der Waals surface area contributed by atoms with Crippen LogP contribution in [0, 0.1) is 11.3 Å². The number of aromatic amines is 1. The van der Waals surface area contributed by atoms with E-state index in [2.05, 4.69) is 15.5 Å². The van der Waals surface area contributed by atoms with Crippen LogP contribution in [-0.4, -0.2) is 16.1 Å². The number of anilines is 2. The Labute approximate surface area is 97.1 Å². The number of hydrogen-bond donors (Lipinski definition) is 3. The van der Waals surface area contributed by atoms with Gasteiger partial charge < -0.3 is 11.1 Å². The molecule has 0 unspecified atom stereocenters. The van der Waals surface area contributed by atoms with Crippen molar-refractivity contribution < 1.29 is 4.79 Å². The largest absolute Gasteiger partial charge is 0.394 e. The van der Waals surface area contributed by atoms with E-state index in [1.54, 1.807) is 24.3 Å². The number of hydrogen-bond acceptors (Lipinski definition) is 4. The van der Waals surface area contributed by atoms with E-state index in [0.717, 1.165) is 0 Å². The normalized spacial score (nSPS) is 9.59. The maximum Gasteiger partial charge on any atom is 0.256 e. The van der Waals surface area contributed by atoms with Gasteiger partial charge >= 0.3 is 0 Å². The Morgan fingerprint density at radius 2 is 2.12 bits per heavy atom. The van der Waals surface area contributed by atoms with Crippen LogP contribution in [0.3, 0.4) is 0 Å². The van der Waals surface area contributed by atoms with Gasteiger partial charge in [0, 0.05) is 5.56 Å². The molecule has 2 aromatic rings. The summed E-state index contributed by atoms with van der Waals surface area (Å²) in [7, 11) is 0. The lowest BCUT2D eigenvalue weighted by Crippen LogP contribution is -2.13. The molecule has 0 aliphatic rings. The molecular weight excluding hydrogens is 218 g/mol. The van der Waals surface area contributed by atoms with Gasteiger partial charge in [-0.2, -0.15) is 10.4 Å². The predicted octanol–water partition coefficient (Wildman–Crippen LogP) is 1.12. The molecule has 0 aliphatic carbocycles. The number of rotatable bonds is 2. The van der Waals surface area contributed by atoms with Gasteiger partial charge in [-0.05, 0) is 24.3 Å². The highest BCUT2D eigenvalue weighted by Crippen LogP contribution is 2.14. The number of H-pyrrole nitrogens is 1. The molecule has 6 heteroatoms. The van der Waals surface area contributed by atoms with Crippen molar-refractivity contribution in [3.63, 3.8) is 0 Å². The minimum absolute atomic E-state index is 0.314. The second-order valence-corrected chi connectivity index (χ2v) is 3.34. The van der Waals surface area contributed by atoms with Gasteiger partial charge in [0.1, 0.15) is 0 Å². The molecule has 1 aromatic heterocycles. The Bertz CT molecular complexity index is 579. The van der Waals surface area contributed by atoms with Crippen LogP contribution in [0.1, 0.15) is 15.9 Å². The summed E-state index contributed by atoms with van der Waals surface area (Å²) in [4.78, 5) is 11.8. The Balaban J connectivity index is 2.15. The number of nitrogens with zero attached hydrogens (tertiary/aromatic N) is 2. The van der Waals surface area contributed by atoms with E-state index in [1.165, 1.54) is 6.20 Å². The minimum atomic E-state index is -0.314. The van der Waals surface area contributed by atoms with Gasteiger partial charge in [-0.25, -0.2) is 0 Å². The van der Waals surface area contributed by atoms with E-state index >= 15 is 0 Å². The summed E-state index contributed by atoms with van der Waals surface area (Å²) >= 11 is 0. The summed E-state index contributed by atoms with van der Waals surface area (Å²) in [6.07, 6.45) is 1.41. The van der Waals surface area contributed by atoms with Crippen molar-refractivity contribution in [1.82, 2.24) is 10.2 Å². The number of benzene rings is 1. The average Bonchev–Trinajstić information content (AvgIpc) is 2.75. The highest BCUT2D eigenvalue weighted by Gasteiger charge is 2.08. The monoisotopic (exact) mass is 227 g/mol. The summed E-state index contributed by atoms with van der Waals surface area (Å²) in [5, 5.41) is 17.5. The van der Waals surface area contributed by atoms with Crippen LogP contribution in [0.15, 0.2) is 30.5 Å². The standard InChI is InChI=1S/C11H9N5O/c12-5-7-1-3-8(4-2-7)11(17)15-10-9(13)6-14-16-10/h1-4,6H,13H2,(H2,14,15,16,17). The molecule has 0 bridgehead atoms. The number of nitrogens with one attached hydrogen (secondary N) is 2. The van der Waals surface area contributed by atoms with Gasteiger partial charge in [0.15, 0.2) is 5.82 Å². The van der Waals surface area contributed by atoms with E-state index in [1.807, 2.05) is 6.07 Å². The lowest BCUT2D eigenvalue weighted by molar-refractivity contribution is 0.102. The van der Waals surface area contributed by atoms with Crippen molar-refractivity contribution in [3.8, 4) is 6.07 Å². The zero-order valence-electron chi connectivity index (χ0n) is 8.77. The number of nitrogen functional groups attached to an aromatic ring is 1. The fourth-order valence-corrected chi connectivity index (χ4v) is 1.28. The second-order valence-electron chi connectivity index (χ2n) is 3.34. The fraction of sp³-hybridized carbons (Fsp3) is 0. The molecule has 2 rings (SSSR count). The fourth-order valence-electron chi connectivity index (χ4n) is 1.28. The molecule has 1 amide bonds. The van der Waals surface area contributed by atoms with Crippen LogP contribution in [0.25, 0.3) is 0 Å². The van der Waals surface area contributed by atoms with E-state index in [0.29, 0.717) is 22.6 Å². The highest BCUT2D eigenvalue weighted by atomic mass is 16.1.